The minimum absolute atomic E-state index is 0.00769. The first-order chi connectivity index (χ1) is 8.18. The first kappa shape index (κ1) is 12.9. The summed E-state index contributed by atoms with van der Waals surface area (Å²) < 4.78 is 26.4. The second-order valence-corrected chi connectivity index (χ2v) is 6.25. The van der Waals surface area contributed by atoms with E-state index >= 15 is 0 Å². The number of Topliss-reactive ketones (excluding diaryl/α,β-unsaturated/α-hetero) is 1. The SMILES string of the molecule is O=C(Cc1cccc(F)c1F)C1CSCCS1. The molecule has 0 aliphatic carbocycles. The first-order valence-electron chi connectivity index (χ1n) is 5.33. The molecule has 1 atom stereocenters. The monoisotopic (exact) mass is 274 g/mol. The van der Waals surface area contributed by atoms with Gasteiger partial charge in [-0.1, -0.05) is 12.1 Å². The van der Waals surface area contributed by atoms with Gasteiger partial charge in [-0.2, -0.15) is 11.8 Å². The van der Waals surface area contributed by atoms with Crippen molar-refractivity contribution in [2.45, 2.75) is 11.7 Å². The summed E-state index contributed by atoms with van der Waals surface area (Å²) in [6, 6.07) is 3.97. The molecule has 2 rings (SSSR count). The van der Waals surface area contributed by atoms with E-state index in [2.05, 4.69) is 0 Å². The van der Waals surface area contributed by atoms with Crippen molar-refractivity contribution in [3.8, 4) is 0 Å². The molecule has 0 radical (unpaired) electrons. The van der Waals surface area contributed by atoms with Crippen LogP contribution in [-0.2, 0) is 11.2 Å². The number of carbonyl (C=O) groups excluding carboxylic acids is 1. The Kier molecular flexibility index (Phi) is 4.45. The van der Waals surface area contributed by atoms with Gasteiger partial charge < -0.3 is 0 Å². The minimum atomic E-state index is -0.894. The molecule has 1 aromatic carbocycles. The molecule has 1 unspecified atom stereocenters. The van der Waals surface area contributed by atoms with Crippen LogP contribution in [0.3, 0.4) is 0 Å². The lowest BCUT2D eigenvalue weighted by Crippen LogP contribution is -2.26. The summed E-state index contributed by atoms with van der Waals surface area (Å²) in [4.78, 5) is 11.9. The molecule has 0 bridgehead atoms. The Balaban J connectivity index is 2.04. The number of thioether (sulfide) groups is 2. The molecule has 17 heavy (non-hydrogen) atoms. The predicted molar refractivity (Wildman–Crippen MR) is 68.6 cm³/mol. The summed E-state index contributed by atoms with van der Waals surface area (Å²) >= 11 is 3.35. The molecular formula is C12H12F2OS2. The number of rotatable bonds is 3. The van der Waals surface area contributed by atoms with Gasteiger partial charge in [0.1, 0.15) is 0 Å². The van der Waals surface area contributed by atoms with Crippen molar-refractivity contribution < 1.29 is 13.6 Å². The predicted octanol–water partition coefficient (Wildman–Crippen LogP) is 2.93. The van der Waals surface area contributed by atoms with Crippen LogP contribution in [0.5, 0.6) is 0 Å². The highest BCUT2D eigenvalue weighted by Crippen LogP contribution is 2.26. The smallest absolute Gasteiger partial charge is 0.162 e. The van der Waals surface area contributed by atoms with E-state index in [9.17, 15) is 13.6 Å². The van der Waals surface area contributed by atoms with E-state index in [0.717, 1.165) is 23.3 Å². The van der Waals surface area contributed by atoms with Crippen molar-refractivity contribution >= 4 is 29.3 Å². The van der Waals surface area contributed by atoms with Crippen molar-refractivity contribution in [1.82, 2.24) is 0 Å². The van der Waals surface area contributed by atoms with Gasteiger partial charge in [-0.15, -0.1) is 11.8 Å². The highest BCUT2D eigenvalue weighted by molar-refractivity contribution is 8.07. The molecule has 1 aliphatic heterocycles. The standard InChI is InChI=1S/C12H12F2OS2/c13-9-3-1-2-8(12(9)14)6-10(15)11-7-16-4-5-17-11/h1-3,11H,4-7H2. The first-order valence-corrected chi connectivity index (χ1v) is 7.54. The second-order valence-electron chi connectivity index (χ2n) is 3.79. The Hall–Kier alpha value is -0.550. The van der Waals surface area contributed by atoms with Crippen LogP contribution in [0, 0.1) is 11.6 Å². The van der Waals surface area contributed by atoms with Crippen molar-refractivity contribution in [1.29, 1.82) is 0 Å². The number of hydrogen-bond acceptors (Lipinski definition) is 3. The third-order valence-corrected chi connectivity index (χ3v) is 5.37. The summed E-state index contributed by atoms with van der Waals surface area (Å²) in [7, 11) is 0. The maximum atomic E-state index is 13.4. The van der Waals surface area contributed by atoms with Crippen LogP contribution >= 0.6 is 23.5 Å². The van der Waals surface area contributed by atoms with E-state index in [1.807, 2.05) is 0 Å². The molecule has 0 saturated carbocycles. The molecule has 0 spiro atoms. The molecule has 5 heteroatoms. The van der Waals surface area contributed by atoms with E-state index < -0.39 is 11.6 Å². The average Bonchev–Trinajstić information content (AvgIpc) is 2.36. The number of halogens is 2. The molecule has 1 aliphatic rings. The topological polar surface area (TPSA) is 17.1 Å². The zero-order chi connectivity index (χ0) is 12.3. The number of benzene rings is 1. The van der Waals surface area contributed by atoms with Gasteiger partial charge in [-0.25, -0.2) is 8.78 Å². The van der Waals surface area contributed by atoms with Gasteiger partial charge in [0.25, 0.3) is 0 Å². The molecule has 92 valence electrons. The minimum Gasteiger partial charge on any atom is -0.298 e. The fourth-order valence-electron chi connectivity index (χ4n) is 1.66. The van der Waals surface area contributed by atoms with Crippen LogP contribution in [0.1, 0.15) is 5.56 Å². The lowest BCUT2D eigenvalue weighted by atomic mass is 10.1. The van der Waals surface area contributed by atoms with Crippen molar-refractivity contribution in [3.63, 3.8) is 0 Å². The zero-order valence-corrected chi connectivity index (χ0v) is 10.8. The molecule has 0 N–H and O–H groups in total. The van der Waals surface area contributed by atoms with E-state index in [-0.39, 0.29) is 23.0 Å². The van der Waals surface area contributed by atoms with Gasteiger partial charge in [0.05, 0.1) is 5.25 Å². The summed E-state index contributed by atoms with van der Waals surface area (Å²) in [6.45, 7) is 0. The Labute approximate surface area is 107 Å². The highest BCUT2D eigenvalue weighted by atomic mass is 32.2. The van der Waals surface area contributed by atoms with Crippen LogP contribution in [0.15, 0.2) is 18.2 Å². The summed E-state index contributed by atoms with van der Waals surface area (Å²) in [5.41, 5.74) is 0.158. The number of ketones is 1. The van der Waals surface area contributed by atoms with Gasteiger partial charge in [0, 0.05) is 23.7 Å². The molecule has 1 heterocycles. The Morgan fingerprint density at radius 3 is 2.88 bits per heavy atom. The highest BCUT2D eigenvalue weighted by Gasteiger charge is 2.23. The van der Waals surface area contributed by atoms with Crippen molar-refractivity contribution in [2.75, 3.05) is 17.3 Å². The third-order valence-electron chi connectivity index (χ3n) is 2.57. The normalized spacial score (nSPS) is 20.2. The van der Waals surface area contributed by atoms with Crippen LogP contribution in [-0.4, -0.2) is 28.3 Å². The van der Waals surface area contributed by atoms with Gasteiger partial charge in [-0.05, 0) is 11.6 Å². The molecule has 1 fully saturated rings. The second kappa shape index (κ2) is 5.87. The molecule has 0 amide bonds. The van der Waals surface area contributed by atoms with Crippen molar-refractivity contribution in [3.05, 3.63) is 35.4 Å². The maximum Gasteiger partial charge on any atom is 0.162 e. The van der Waals surface area contributed by atoms with E-state index in [0.29, 0.717) is 0 Å². The van der Waals surface area contributed by atoms with E-state index in [4.69, 9.17) is 0 Å². The summed E-state index contributed by atoms with van der Waals surface area (Å²) in [5.74, 6) is 0.998. The lowest BCUT2D eigenvalue weighted by molar-refractivity contribution is -0.117. The van der Waals surface area contributed by atoms with Crippen LogP contribution in [0.2, 0.25) is 0 Å². The van der Waals surface area contributed by atoms with Crippen LogP contribution < -0.4 is 0 Å². The fourth-order valence-corrected chi connectivity index (χ4v) is 4.31. The molecule has 1 nitrogen and oxygen atoms in total. The number of hydrogen-bond donors (Lipinski definition) is 0. The molecule has 1 aromatic rings. The summed E-state index contributed by atoms with van der Waals surface area (Å²) in [6.07, 6.45) is -0.0121. The van der Waals surface area contributed by atoms with E-state index in [1.165, 1.54) is 12.1 Å². The maximum absolute atomic E-state index is 13.4. The van der Waals surface area contributed by atoms with Gasteiger partial charge in [-0.3, -0.25) is 4.79 Å². The fraction of sp³-hybridized carbons (Fsp3) is 0.417. The molecular weight excluding hydrogens is 262 g/mol. The van der Waals surface area contributed by atoms with Gasteiger partial charge >= 0.3 is 0 Å². The zero-order valence-electron chi connectivity index (χ0n) is 9.12. The Morgan fingerprint density at radius 2 is 2.18 bits per heavy atom. The largest absolute Gasteiger partial charge is 0.298 e. The van der Waals surface area contributed by atoms with Gasteiger partial charge in [0.2, 0.25) is 0 Å². The van der Waals surface area contributed by atoms with Crippen LogP contribution in [0.4, 0.5) is 8.78 Å². The molecule has 1 saturated heterocycles. The summed E-state index contributed by atoms with van der Waals surface area (Å²) in [5, 5.41) is -0.0728. The average molecular weight is 274 g/mol. The lowest BCUT2D eigenvalue weighted by Gasteiger charge is -2.19. The van der Waals surface area contributed by atoms with Crippen LogP contribution in [0.25, 0.3) is 0 Å². The van der Waals surface area contributed by atoms with Crippen molar-refractivity contribution in [2.24, 2.45) is 0 Å². The quantitative estimate of drug-likeness (QED) is 0.843. The van der Waals surface area contributed by atoms with Gasteiger partial charge in [0.15, 0.2) is 17.4 Å². The molecule has 0 aromatic heterocycles. The number of carbonyl (C=O) groups is 1. The Morgan fingerprint density at radius 1 is 1.35 bits per heavy atom. The third kappa shape index (κ3) is 3.22. The van der Waals surface area contributed by atoms with E-state index in [1.54, 1.807) is 23.5 Å². The Bertz CT molecular complexity index is 417.